The van der Waals surface area contributed by atoms with Gasteiger partial charge in [-0.05, 0) is 54.4 Å². The maximum absolute atomic E-state index is 11.2. The number of ether oxygens (including phenoxy) is 2. The van der Waals surface area contributed by atoms with E-state index in [2.05, 4.69) is 4.98 Å². The molecule has 5 rings (SSSR count). The largest absolute Gasteiger partial charge is 0.493 e. The molecule has 0 fully saturated rings. The minimum Gasteiger partial charge on any atom is -0.493 e. The molecule has 2 N–H and O–H groups in total. The van der Waals surface area contributed by atoms with Crippen LogP contribution < -0.4 is 9.47 Å². The number of pyridine rings is 1. The highest BCUT2D eigenvalue weighted by Crippen LogP contribution is 2.39. The number of fused-ring (bicyclic) bond motifs is 2. The van der Waals surface area contributed by atoms with Gasteiger partial charge in [0.2, 0.25) is 0 Å². The highest BCUT2D eigenvalue weighted by atomic mass is 16.5. The molecule has 0 aliphatic carbocycles. The van der Waals surface area contributed by atoms with E-state index in [1.54, 1.807) is 24.3 Å². The molecule has 1 aromatic heterocycles. The summed E-state index contributed by atoms with van der Waals surface area (Å²) in [5.41, 5.74) is 3.49. The molecule has 33 heavy (non-hydrogen) atoms. The van der Waals surface area contributed by atoms with Gasteiger partial charge in [0.05, 0.1) is 29.5 Å². The number of nitrogens with zero attached hydrogens (tertiary/aromatic N) is 1. The van der Waals surface area contributed by atoms with Crippen molar-refractivity contribution in [3.8, 4) is 11.5 Å². The molecule has 0 amide bonds. The van der Waals surface area contributed by atoms with E-state index in [0.717, 1.165) is 22.2 Å². The standard InChI is InChI=1S/C27H23NO5/c29-26-20(13-17-4-3-6-19(12-17)27(30)31)15-33-25-11-10-22(14-23(25)26)32-16-21-9-8-18-5-1-2-7-24(18)28-21/h1-12,14,20,26,29H,13,15-16H2,(H,30,31)/t20-,26+/m0/s1. The minimum absolute atomic E-state index is 0.195. The first-order valence-electron chi connectivity index (χ1n) is 10.8. The number of para-hydroxylation sites is 1. The van der Waals surface area contributed by atoms with E-state index in [0.29, 0.717) is 36.7 Å². The third kappa shape index (κ3) is 4.52. The second kappa shape index (κ2) is 8.92. The Morgan fingerprint density at radius 2 is 1.91 bits per heavy atom. The van der Waals surface area contributed by atoms with Gasteiger partial charge in [-0.2, -0.15) is 0 Å². The Labute approximate surface area is 191 Å². The van der Waals surface area contributed by atoms with Crippen molar-refractivity contribution in [1.82, 2.24) is 4.98 Å². The van der Waals surface area contributed by atoms with Crippen LogP contribution in [0, 0.1) is 5.92 Å². The predicted octanol–water partition coefficient (Wildman–Crippen LogP) is 4.80. The lowest BCUT2D eigenvalue weighted by Gasteiger charge is -2.30. The molecular formula is C27H23NO5. The fraction of sp³-hybridized carbons (Fsp3) is 0.185. The number of aliphatic hydroxyl groups is 1. The summed E-state index contributed by atoms with van der Waals surface area (Å²) in [7, 11) is 0. The van der Waals surface area contributed by atoms with Crippen LogP contribution in [0.15, 0.2) is 78.9 Å². The van der Waals surface area contributed by atoms with Crippen LogP contribution in [0.25, 0.3) is 10.9 Å². The summed E-state index contributed by atoms with van der Waals surface area (Å²) in [6.07, 6.45) is -0.238. The summed E-state index contributed by atoms with van der Waals surface area (Å²) in [5.74, 6) is 0.0957. The second-order valence-electron chi connectivity index (χ2n) is 8.21. The van der Waals surface area contributed by atoms with E-state index in [-0.39, 0.29) is 11.5 Å². The first-order valence-corrected chi connectivity index (χ1v) is 10.8. The van der Waals surface area contributed by atoms with E-state index in [1.807, 2.05) is 54.6 Å². The Hall–Kier alpha value is -3.90. The molecule has 1 aliphatic rings. The van der Waals surface area contributed by atoms with Crippen molar-refractivity contribution in [2.75, 3.05) is 6.61 Å². The van der Waals surface area contributed by atoms with Crippen LogP contribution in [0.2, 0.25) is 0 Å². The quantitative estimate of drug-likeness (QED) is 0.447. The number of hydrogen-bond donors (Lipinski definition) is 2. The number of aromatic carboxylic acids is 1. The van der Waals surface area contributed by atoms with Crippen LogP contribution in [-0.2, 0) is 13.0 Å². The maximum atomic E-state index is 11.2. The van der Waals surface area contributed by atoms with Crippen LogP contribution in [0.4, 0.5) is 0 Å². The molecule has 3 aromatic carbocycles. The molecule has 6 heteroatoms. The van der Waals surface area contributed by atoms with Crippen LogP contribution in [0.5, 0.6) is 11.5 Å². The van der Waals surface area contributed by atoms with Crippen LogP contribution in [0.1, 0.15) is 33.3 Å². The Bertz CT molecular complexity index is 1320. The number of benzene rings is 3. The van der Waals surface area contributed by atoms with Crippen molar-refractivity contribution in [2.24, 2.45) is 5.92 Å². The van der Waals surface area contributed by atoms with Gasteiger partial charge in [0.1, 0.15) is 18.1 Å². The number of carbonyl (C=O) groups is 1. The topological polar surface area (TPSA) is 88.9 Å². The molecular weight excluding hydrogens is 418 g/mol. The minimum atomic E-state index is -0.967. The molecule has 0 unspecified atom stereocenters. The first-order chi connectivity index (χ1) is 16.1. The summed E-state index contributed by atoms with van der Waals surface area (Å²) < 4.78 is 11.8. The third-order valence-electron chi connectivity index (χ3n) is 5.91. The molecule has 1 aliphatic heterocycles. The number of carboxylic acids is 1. The van der Waals surface area contributed by atoms with Gasteiger partial charge in [-0.25, -0.2) is 9.78 Å². The summed E-state index contributed by atoms with van der Waals surface area (Å²) in [6.45, 7) is 0.665. The molecule has 6 nitrogen and oxygen atoms in total. The Morgan fingerprint density at radius 3 is 2.79 bits per heavy atom. The van der Waals surface area contributed by atoms with Gasteiger partial charge in [-0.3, -0.25) is 0 Å². The van der Waals surface area contributed by atoms with Crippen LogP contribution in [-0.4, -0.2) is 27.8 Å². The summed E-state index contributed by atoms with van der Waals surface area (Å²) in [5, 5.41) is 21.3. The molecule has 0 spiro atoms. The molecule has 4 aromatic rings. The Balaban J connectivity index is 1.30. The van der Waals surface area contributed by atoms with Crippen molar-refractivity contribution in [1.29, 1.82) is 0 Å². The normalized spacial score (nSPS) is 17.2. The lowest BCUT2D eigenvalue weighted by molar-refractivity contribution is 0.0504. The molecule has 0 saturated heterocycles. The molecule has 0 bridgehead atoms. The average Bonchev–Trinajstić information content (AvgIpc) is 2.84. The number of aromatic nitrogens is 1. The van der Waals surface area contributed by atoms with Crippen molar-refractivity contribution in [2.45, 2.75) is 19.1 Å². The van der Waals surface area contributed by atoms with Crippen LogP contribution >= 0.6 is 0 Å². The SMILES string of the molecule is O=C(O)c1cccc(C[C@H]2COc3ccc(OCc4ccc5ccccc5n4)cc3[C@@H]2O)c1. The zero-order chi connectivity index (χ0) is 22.8. The van der Waals surface area contributed by atoms with Gasteiger partial charge in [0.15, 0.2) is 0 Å². The number of rotatable bonds is 6. The third-order valence-corrected chi connectivity index (χ3v) is 5.91. The number of hydrogen-bond acceptors (Lipinski definition) is 5. The van der Waals surface area contributed by atoms with E-state index in [4.69, 9.17) is 9.47 Å². The molecule has 0 radical (unpaired) electrons. The fourth-order valence-corrected chi connectivity index (χ4v) is 4.17. The molecule has 2 atom stereocenters. The van der Waals surface area contributed by atoms with Gasteiger partial charge in [0.25, 0.3) is 0 Å². The van der Waals surface area contributed by atoms with Gasteiger partial charge >= 0.3 is 5.97 Å². The zero-order valence-electron chi connectivity index (χ0n) is 17.8. The lowest BCUT2D eigenvalue weighted by Crippen LogP contribution is -2.27. The highest BCUT2D eigenvalue weighted by Gasteiger charge is 2.30. The van der Waals surface area contributed by atoms with E-state index < -0.39 is 12.1 Å². The van der Waals surface area contributed by atoms with E-state index in [1.165, 1.54) is 0 Å². The Kier molecular flexibility index (Phi) is 5.67. The molecule has 2 heterocycles. The fourth-order valence-electron chi connectivity index (χ4n) is 4.17. The molecule has 166 valence electrons. The van der Waals surface area contributed by atoms with Crippen LogP contribution in [0.3, 0.4) is 0 Å². The van der Waals surface area contributed by atoms with E-state index >= 15 is 0 Å². The maximum Gasteiger partial charge on any atom is 0.335 e. The van der Waals surface area contributed by atoms with Crippen molar-refractivity contribution in [3.63, 3.8) is 0 Å². The predicted molar refractivity (Wildman–Crippen MR) is 124 cm³/mol. The second-order valence-corrected chi connectivity index (χ2v) is 8.21. The lowest BCUT2D eigenvalue weighted by atomic mass is 9.88. The smallest absolute Gasteiger partial charge is 0.335 e. The number of carboxylic acid groups (broad SMARTS) is 1. The van der Waals surface area contributed by atoms with Gasteiger partial charge in [0, 0.05) is 16.9 Å². The van der Waals surface area contributed by atoms with Crippen molar-refractivity contribution in [3.05, 3.63) is 101 Å². The van der Waals surface area contributed by atoms with Crippen molar-refractivity contribution >= 4 is 16.9 Å². The Morgan fingerprint density at radius 1 is 1.03 bits per heavy atom. The molecule has 0 saturated carbocycles. The zero-order valence-corrected chi connectivity index (χ0v) is 17.8. The van der Waals surface area contributed by atoms with Gasteiger partial charge < -0.3 is 19.7 Å². The van der Waals surface area contributed by atoms with Crippen molar-refractivity contribution < 1.29 is 24.5 Å². The summed E-state index contributed by atoms with van der Waals surface area (Å²) >= 11 is 0. The average molecular weight is 441 g/mol. The summed E-state index contributed by atoms with van der Waals surface area (Å²) in [4.78, 5) is 15.9. The highest BCUT2D eigenvalue weighted by molar-refractivity contribution is 5.87. The van der Waals surface area contributed by atoms with Gasteiger partial charge in [-0.1, -0.05) is 36.4 Å². The first kappa shape index (κ1) is 21.0. The summed E-state index contributed by atoms with van der Waals surface area (Å²) in [6, 6.07) is 24.1. The van der Waals surface area contributed by atoms with Gasteiger partial charge in [-0.15, -0.1) is 0 Å². The van der Waals surface area contributed by atoms with E-state index in [9.17, 15) is 15.0 Å². The number of aliphatic hydroxyl groups excluding tert-OH is 1. The monoisotopic (exact) mass is 441 g/mol.